The van der Waals surface area contributed by atoms with E-state index in [0.29, 0.717) is 17.9 Å². The molecule has 6 heteroatoms. The van der Waals surface area contributed by atoms with Crippen LogP contribution in [-0.2, 0) is 4.79 Å². The molecule has 6 nitrogen and oxygen atoms in total. The van der Waals surface area contributed by atoms with Crippen molar-refractivity contribution in [2.45, 2.75) is 33.2 Å². The predicted molar refractivity (Wildman–Crippen MR) is 78.6 cm³/mol. The van der Waals surface area contributed by atoms with Gasteiger partial charge >= 0.3 is 0 Å². The maximum Gasteiger partial charge on any atom is 0.252 e. The highest BCUT2D eigenvalue weighted by molar-refractivity contribution is 5.97. The number of pyridine rings is 1. The van der Waals surface area contributed by atoms with Gasteiger partial charge in [-0.25, -0.2) is 4.98 Å². The minimum absolute atomic E-state index is 0.179. The molecule has 0 aliphatic heterocycles. The fraction of sp³-hybridized carbons (Fsp3) is 0.500. The van der Waals surface area contributed by atoms with Gasteiger partial charge in [0.1, 0.15) is 11.9 Å². The van der Waals surface area contributed by atoms with E-state index in [1.807, 2.05) is 13.8 Å². The molecule has 0 spiro atoms. The van der Waals surface area contributed by atoms with Crippen molar-refractivity contribution < 1.29 is 9.59 Å². The van der Waals surface area contributed by atoms with Crippen molar-refractivity contribution in [3.05, 3.63) is 23.9 Å². The van der Waals surface area contributed by atoms with Crippen molar-refractivity contribution in [1.82, 2.24) is 15.6 Å². The predicted octanol–water partition coefficient (Wildman–Crippen LogP) is 1.16. The van der Waals surface area contributed by atoms with E-state index in [1.165, 1.54) is 0 Å². The molecule has 110 valence electrons. The van der Waals surface area contributed by atoms with E-state index in [1.54, 1.807) is 25.3 Å². The molecule has 1 heterocycles. The fourth-order valence-corrected chi connectivity index (χ4v) is 1.60. The SMILES string of the molecule is CCCNC(=O)C(C)NC(=O)c1ccnc(NCC)c1. The number of hydrogen-bond donors (Lipinski definition) is 3. The van der Waals surface area contributed by atoms with Gasteiger partial charge in [-0.1, -0.05) is 6.92 Å². The van der Waals surface area contributed by atoms with Crippen molar-refractivity contribution >= 4 is 17.6 Å². The number of nitrogens with one attached hydrogen (secondary N) is 3. The van der Waals surface area contributed by atoms with Crippen LogP contribution in [0.1, 0.15) is 37.6 Å². The van der Waals surface area contributed by atoms with Gasteiger partial charge in [0.15, 0.2) is 0 Å². The molecule has 0 aliphatic rings. The number of anilines is 1. The highest BCUT2D eigenvalue weighted by Crippen LogP contribution is 2.06. The lowest BCUT2D eigenvalue weighted by atomic mass is 10.2. The summed E-state index contributed by atoms with van der Waals surface area (Å²) in [4.78, 5) is 27.8. The first-order chi connectivity index (χ1) is 9.58. The Hall–Kier alpha value is -2.11. The summed E-state index contributed by atoms with van der Waals surface area (Å²) in [5, 5.41) is 8.45. The van der Waals surface area contributed by atoms with Crippen molar-refractivity contribution in [3.8, 4) is 0 Å². The third-order valence-electron chi connectivity index (χ3n) is 2.67. The Morgan fingerprint density at radius 3 is 2.75 bits per heavy atom. The molecular weight excluding hydrogens is 256 g/mol. The third kappa shape index (κ3) is 4.87. The number of carbonyl (C=O) groups is 2. The van der Waals surface area contributed by atoms with Gasteiger partial charge in [-0.2, -0.15) is 0 Å². The van der Waals surface area contributed by atoms with Gasteiger partial charge < -0.3 is 16.0 Å². The van der Waals surface area contributed by atoms with Gasteiger partial charge in [-0.15, -0.1) is 0 Å². The number of aromatic nitrogens is 1. The minimum Gasteiger partial charge on any atom is -0.370 e. The third-order valence-corrected chi connectivity index (χ3v) is 2.67. The first kappa shape index (κ1) is 15.9. The molecule has 0 fully saturated rings. The van der Waals surface area contributed by atoms with Crippen LogP contribution < -0.4 is 16.0 Å². The molecule has 1 unspecified atom stereocenters. The highest BCUT2D eigenvalue weighted by atomic mass is 16.2. The maximum atomic E-state index is 12.0. The number of rotatable bonds is 7. The van der Waals surface area contributed by atoms with Crippen molar-refractivity contribution in [3.63, 3.8) is 0 Å². The lowest BCUT2D eigenvalue weighted by Crippen LogP contribution is -2.45. The maximum absolute atomic E-state index is 12.0. The van der Waals surface area contributed by atoms with Crippen LogP contribution >= 0.6 is 0 Å². The molecule has 0 bridgehead atoms. The molecule has 1 aromatic rings. The van der Waals surface area contributed by atoms with Crippen molar-refractivity contribution in [2.75, 3.05) is 18.4 Å². The molecule has 0 radical (unpaired) electrons. The Balaban J connectivity index is 2.61. The molecule has 1 rings (SSSR count). The van der Waals surface area contributed by atoms with E-state index in [4.69, 9.17) is 0 Å². The molecule has 2 amide bonds. The fourth-order valence-electron chi connectivity index (χ4n) is 1.60. The smallest absolute Gasteiger partial charge is 0.252 e. The van der Waals surface area contributed by atoms with Crippen LogP contribution in [0, 0.1) is 0 Å². The normalized spacial score (nSPS) is 11.6. The van der Waals surface area contributed by atoms with E-state index < -0.39 is 6.04 Å². The quantitative estimate of drug-likeness (QED) is 0.699. The monoisotopic (exact) mass is 278 g/mol. The second kappa shape index (κ2) is 8.14. The van der Waals surface area contributed by atoms with Crippen molar-refractivity contribution in [1.29, 1.82) is 0 Å². The van der Waals surface area contributed by atoms with Crippen molar-refractivity contribution in [2.24, 2.45) is 0 Å². The van der Waals surface area contributed by atoms with Crippen LogP contribution in [0.15, 0.2) is 18.3 Å². The van der Waals surface area contributed by atoms with E-state index in [2.05, 4.69) is 20.9 Å². The summed E-state index contributed by atoms with van der Waals surface area (Å²) in [6.45, 7) is 6.93. The Kier molecular flexibility index (Phi) is 6.49. The van der Waals surface area contributed by atoms with Gasteiger partial charge in [-0.3, -0.25) is 9.59 Å². The lowest BCUT2D eigenvalue weighted by Gasteiger charge is -2.14. The van der Waals surface area contributed by atoms with Gasteiger partial charge in [0.2, 0.25) is 5.91 Å². The van der Waals surface area contributed by atoms with Crippen LogP contribution in [0.5, 0.6) is 0 Å². The molecule has 0 aliphatic carbocycles. The van der Waals surface area contributed by atoms with Crippen LogP contribution in [0.3, 0.4) is 0 Å². The summed E-state index contributed by atoms with van der Waals surface area (Å²) in [7, 11) is 0. The summed E-state index contributed by atoms with van der Waals surface area (Å²) < 4.78 is 0. The standard InChI is InChI=1S/C14H22N4O2/c1-4-7-17-13(19)10(3)18-14(20)11-6-8-16-12(9-11)15-5-2/h6,8-10H,4-5,7H2,1-3H3,(H,15,16)(H,17,19)(H,18,20). The number of amides is 2. The first-order valence-corrected chi connectivity index (χ1v) is 6.87. The zero-order valence-corrected chi connectivity index (χ0v) is 12.2. The highest BCUT2D eigenvalue weighted by Gasteiger charge is 2.16. The molecule has 0 aromatic carbocycles. The second-order valence-corrected chi connectivity index (χ2v) is 4.45. The van der Waals surface area contributed by atoms with Gasteiger partial charge in [-0.05, 0) is 32.4 Å². The summed E-state index contributed by atoms with van der Waals surface area (Å²) in [6.07, 6.45) is 2.43. The Morgan fingerprint density at radius 2 is 2.10 bits per heavy atom. The van der Waals surface area contributed by atoms with Crippen LogP contribution in [-0.4, -0.2) is 35.9 Å². The largest absolute Gasteiger partial charge is 0.370 e. The van der Waals surface area contributed by atoms with Gasteiger partial charge in [0.25, 0.3) is 5.91 Å². The van der Waals surface area contributed by atoms with E-state index in [0.717, 1.165) is 13.0 Å². The Morgan fingerprint density at radius 1 is 1.35 bits per heavy atom. The minimum atomic E-state index is -0.565. The Bertz CT molecular complexity index is 462. The van der Waals surface area contributed by atoms with E-state index in [9.17, 15) is 9.59 Å². The summed E-state index contributed by atoms with van der Waals surface area (Å²) in [5.41, 5.74) is 0.478. The van der Waals surface area contributed by atoms with E-state index in [-0.39, 0.29) is 11.8 Å². The summed E-state index contributed by atoms with van der Waals surface area (Å²) in [5.74, 6) is 0.176. The average Bonchev–Trinajstić information content (AvgIpc) is 2.45. The molecule has 3 N–H and O–H groups in total. The Labute approximate surface area is 119 Å². The lowest BCUT2D eigenvalue weighted by molar-refractivity contribution is -0.122. The molecule has 20 heavy (non-hydrogen) atoms. The zero-order chi connectivity index (χ0) is 15.0. The van der Waals surface area contributed by atoms with Crippen LogP contribution in [0.4, 0.5) is 5.82 Å². The number of nitrogens with zero attached hydrogens (tertiary/aromatic N) is 1. The molecule has 0 saturated carbocycles. The molecule has 1 aromatic heterocycles. The van der Waals surface area contributed by atoms with Gasteiger partial charge in [0.05, 0.1) is 0 Å². The number of carbonyl (C=O) groups excluding carboxylic acids is 2. The molecule has 0 saturated heterocycles. The second-order valence-electron chi connectivity index (χ2n) is 4.45. The molecular formula is C14H22N4O2. The first-order valence-electron chi connectivity index (χ1n) is 6.87. The number of hydrogen-bond acceptors (Lipinski definition) is 4. The zero-order valence-electron chi connectivity index (χ0n) is 12.2. The van der Waals surface area contributed by atoms with E-state index >= 15 is 0 Å². The summed E-state index contributed by atoms with van der Waals surface area (Å²) in [6, 6.07) is 2.72. The average molecular weight is 278 g/mol. The van der Waals surface area contributed by atoms with Crippen LogP contribution in [0.2, 0.25) is 0 Å². The topological polar surface area (TPSA) is 83.1 Å². The van der Waals surface area contributed by atoms with Crippen LogP contribution in [0.25, 0.3) is 0 Å². The molecule has 1 atom stereocenters. The summed E-state index contributed by atoms with van der Waals surface area (Å²) >= 11 is 0. The van der Waals surface area contributed by atoms with Gasteiger partial charge in [0, 0.05) is 24.8 Å².